The number of anilines is 1. The Bertz CT molecular complexity index is 689. The molecule has 112 valence electrons. The smallest absolute Gasteiger partial charge is 0.263 e. The molecule has 0 atom stereocenters. The molecule has 4 nitrogen and oxygen atoms in total. The van der Waals surface area contributed by atoms with Gasteiger partial charge in [0.1, 0.15) is 4.88 Å². The first-order valence-corrected chi connectivity index (χ1v) is 8.06. The van der Waals surface area contributed by atoms with Gasteiger partial charge in [-0.05, 0) is 31.4 Å². The maximum atomic E-state index is 12.4. The number of halogens is 1. The van der Waals surface area contributed by atoms with Crippen molar-refractivity contribution in [3.05, 3.63) is 28.1 Å². The van der Waals surface area contributed by atoms with Crippen molar-refractivity contribution >= 4 is 44.6 Å². The van der Waals surface area contributed by atoms with Crippen molar-refractivity contribution in [1.29, 1.82) is 0 Å². The number of methoxy groups -OCH3 is 1. The normalized spacial score (nSPS) is 16.7. The molecule has 1 heterocycles. The zero-order valence-corrected chi connectivity index (χ0v) is 13.3. The van der Waals surface area contributed by atoms with Gasteiger partial charge in [-0.2, -0.15) is 0 Å². The molecule has 21 heavy (non-hydrogen) atoms. The van der Waals surface area contributed by atoms with Crippen LogP contribution in [0.5, 0.6) is 0 Å². The molecule has 1 aliphatic carbocycles. The summed E-state index contributed by atoms with van der Waals surface area (Å²) in [6.07, 6.45) is 3.11. The first kappa shape index (κ1) is 14.6. The van der Waals surface area contributed by atoms with E-state index in [2.05, 4.69) is 5.32 Å². The number of fused-ring (bicyclic) bond motifs is 1. The van der Waals surface area contributed by atoms with E-state index in [4.69, 9.17) is 22.1 Å². The van der Waals surface area contributed by atoms with E-state index in [1.807, 2.05) is 12.1 Å². The molecule has 1 aromatic heterocycles. The first-order valence-electron chi connectivity index (χ1n) is 6.86. The van der Waals surface area contributed by atoms with Gasteiger partial charge < -0.3 is 15.8 Å². The predicted octanol–water partition coefficient (Wildman–Crippen LogP) is 3.44. The Morgan fingerprint density at radius 2 is 2.29 bits per heavy atom. The van der Waals surface area contributed by atoms with E-state index in [0.717, 1.165) is 29.3 Å². The van der Waals surface area contributed by atoms with E-state index in [0.29, 0.717) is 22.1 Å². The largest absolute Gasteiger partial charge is 0.397 e. The van der Waals surface area contributed by atoms with E-state index in [1.54, 1.807) is 13.2 Å². The van der Waals surface area contributed by atoms with E-state index in [1.165, 1.54) is 11.3 Å². The van der Waals surface area contributed by atoms with Crippen molar-refractivity contribution in [2.24, 2.45) is 0 Å². The molecule has 1 fully saturated rings. The number of hydrogen-bond donors (Lipinski definition) is 2. The van der Waals surface area contributed by atoms with Gasteiger partial charge in [0.2, 0.25) is 0 Å². The average Bonchev–Trinajstić information content (AvgIpc) is 2.76. The molecule has 0 aliphatic heterocycles. The second-order valence-corrected chi connectivity index (χ2v) is 6.84. The molecule has 0 bridgehead atoms. The molecule has 1 amide bonds. The zero-order valence-electron chi connectivity index (χ0n) is 11.7. The highest BCUT2D eigenvalue weighted by Gasteiger charge is 2.37. The Hall–Kier alpha value is -1.30. The highest BCUT2D eigenvalue weighted by Crippen LogP contribution is 2.38. The Kier molecular flexibility index (Phi) is 3.82. The highest BCUT2D eigenvalue weighted by atomic mass is 35.5. The van der Waals surface area contributed by atoms with Gasteiger partial charge in [0.05, 0.1) is 16.3 Å². The Morgan fingerprint density at radius 1 is 1.52 bits per heavy atom. The summed E-state index contributed by atoms with van der Waals surface area (Å²) >= 11 is 7.53. The van der Waals surface area contributed by atoms with Crippen LogP contribution in [0.25, 0.3) is 10.1 Å². The maximum absolute atomic E-state index is 12.4. The summed E-state index contributed by atoms with van der Waals surface area (Å²) in [5.41, 5.74) is 6.35. The number of nitrogens with one attached hydrogen (secondary N) is 1. The van der Waals surface area contributed by atoms with Crippen molar-refractivity contribution in [2.45, 2.75) is 24.9 Å². The van der Waals surface area contributed by atoms with E-state index >= 15 is 0 Å². The molecule has 0 spiro atoms. The van der Waals surface area contributed by atoms with Crippen LogP contribution in [0.3, 0.4) is 0 Å². The van der Waals surface area contributed by atoms with Crippen LogP contribution in [0.2, 0.25) is 5.02 Å². The number of hydrogen-bond acceptors (Lipinski definition) is 4. The number of amides is 1. The highest BCUT2D eigenvalue weighted by molar-refractivity contribution is 7.21. The third-order valence-electron chi connectivity index (χ3n) is 4.18. The monoisotopic (exact) mass is 324 g/mol. The number of thiophene rings is 1. The van der Waals surface area contributed by atoms with Crippen LogP contribution in [-0.4, -0.2) is 25.2 Å². The van der Waals surface area contributed by atoms with Gasteiger partial charge in [0.15, 0.2) is 0 Å². The van der Waals surface area contributed by atoms with Crippen LogP contribution in [-0.2, 0) is 4.74 Å². The molecule has 6 heteroatoms. The third kappa shape index (κ3) is 2.50. The molecule has 0 unspecified atom stereocenters. The second kappa shape index (κ2) is 5.48. The van der Waals surface area contributed by atoms with Crippen LogP contribution in [0.15, 0.2) is 18.2 Å². The number of carbonyl (C=O) groups is 1. The second-order valence-electron chi connectivity index (χ2n) is 5.38. The fourth-order valence-electron chi connectivity index (χ4n) is 2.64. The third-order valence-corrected chi connectivity index (χ3v) is 5.66. The summed E-state index contributed by atoms with van der Waals surface area (Å²) < 4.78 is 6.43. The van der Waals surface area contributed by atoms with Gasteiger partial charge in [0.25, 0.3) is 5.91 Å². The lowest BCUT2D eigenvalue weighted by Gasteiger charge is -2.40. The minimum atomic E-state index is -0.196. The van der Waals surface area contributed by atoms with Crippen molar-refractivity contribution < 1.29 is 9.53 Å². The number of nitrogens with two attached hydrogens (primary N) is 1. The number of rotatable bonds is 4. The standard InChI is InChI=1S/C15H17ClN2O2S/c1-20-15(6-3-7-15)8-18-14(19)13-12(17)11-9(16)4-2-5-10(11)21-13/h2,4-5H,3,6-8,17H2,1H3,(H,18,19). The quantitative estimate of drug-likeness (QED) is 0.905. The van der Waals surface area contributed by atoms with Gasteiger partial charge in [0, 0.05) is 23.7 Å². The van der Waals surface area contributed by atoms with Gasteiger partial charge in [-0.25, -0.2) is 0 Å². The summed E-state index contributed by atoms with van der Waals surface area (Å²) in [6.45, 7) is 0.518. The molecule has 1 aromatic carbocycles. The molecule has 0 radical (unpaired) electrons. The van der Waals surface area contributed by atoms with Gasteiger partial charge in [-0.3, -0.25) is 4.79 Å². The van der Waals surface area contributed by atoms with Crippen LogP contribution in [0, 0.1) is 0 Å². The van der Waals surface area contributed by atoms with Crippen LogP contribution >= 0.6 is 22.9 Å². The van der Waals surface area contributed by atoms with E-state index < -0.39 is 0 Å². The lowest BCUT2D eigenvalue weighted by Crippen LogP contribution is -2.49. The Labute approximate surface area is 132 Å². The van der Waals surface area contributed by atoms with Gasteiger partial charge in [-0.15, -0.1) is 11.3 Å². The molecule has 2 aromatic rings. The fraction of sp³-hybridized carbons (Fsp3) is 0.400. The molecule has 3 rings (SSSR count). The summed E-state index contributed by atoms with van der Waals surface area (Å²) in [7, 11) is 1.69. The minimum absolute atomic E-state index is 0.159. The zero-order chi connectivity index (χ0) is 15.0. The number of benzene rings is 1. The molecular weight excluding hydrogens is 308 g/mol. The SMILES string of the molecule is COC1(CNC(=O)c2sc3cccc(Cl)c3c2N)CCC1. The number of ether oxygens (including phenoxy) is 1. The average molecular weight is 325 g/mol. The summed E-state index contributed by atoms with van der Waals surface area (Å²) in [5, 5.41) is 4.28. The lowest BCUT2D eigenvalue weighted by atomic mass is 9.80. The maximum Gasteiger partial charge on any atom is 0.263 e. The molecule has 1 saturated carbocycles. The van der Waals surface area contributed by atoms with Crippen molar-refractivity contribution in [2.75, 3.05) is 19.4 Å². The van der Waals surface area contributed by atoms with Crippen LogP contribution in [0.1, 0.15) is 28.9 Å². The number of nitrogen functional groups attached to an aromatic ring is 1. The minimum Gasteiger partial charge on any atom is -0.397 e. The summed E-state index contributed by atoms with van der Waals surface area (Å²) in [6, 6.07) is 5.56. The van der Waals surface area contributed by atoms with Crippen LogP contribution in [0.4, 0.5) is 5.69 Å². The Balaban J connectivity index is 1.82. The molecular formula is C15H17ClN2O2S. The fourth-order valence-corrected chi connectivity index (χ4v) is 4.04. The number of carbonyl (C=O) groups excluding carboxylic acids is 1. The van der Waals surface area contributed by atoms with Crippen molar-refractivity contribution in [3.63, 3.8) is 0 Å². The van der Waals surface area contributed by atoms with Crippen LogP contribution < -0.4 is 11.1 Å². The lowest BCUT2D eigenvalue weighted by molar-refractivity contribution is -0.0679. The van der Waals surface area contributed by atoms with Crippen molar-refractivity contribution in [1.82, 2.24) is 5.32 Å². The summed E-state index contributed by atoms with van der Waals surface area (Å²) in [5.74, 6) is -0.159. The summed E-state index contributed by atoms with van der Waals surface area (Å²) in [4.78, 5) is 12.9. The van der Waals surface area contributed by atoms with E-state index in [9.17, 15) is 4.79 Å². The Morgan fingerprint density at radius 3 is 2.86 bits per heavy atom. The molecule has 0 saturated heterocycles. The van der Waals surface area contributed by atoms with Crippen molar-refractivity contribution in [3.8, 4) is 0 Å². The van der Waals surface area contributed by atoms with Gasteiger partial charge >= 0.3 is 0 Å². The van der Waals surface area contributed by atoms with E-state index in [-0.39, 0.29) is 11.5 Å². The topological polar surface area (TPSA) is 64.3 Å². The first-order chi connectivity index (χ1) is 10.1. The molecule has 3 N–H and O–H groups in total. The van der Waals surface area contributed by atoms with Gasteiger partial charge in [-0.1, -0.05) is 17.7 Å². The predicted molar refractivity (Wildman–Crippen MR) is 87.2 cm³/mol. The molecule has 1 aliphatic rings.